The number of carbonyl (C=O) groups is 1. The third-order valence-electron chi connectivity index (χ3n) is 3.82. The third kappa shape index (κ3) is 5.59. The summed E-state index contributed by atoms with van der Waals surface area (Å²) < 4.78 is 1.38. The molecule has 0 aromatic carbocycles. The summed E-state index contributed by atoms with van der Waals surface area (Å²) in [6.07, 6.45) is 6.00. The van der Waals surface area contributed by atoms with Gasteiger partial charge in [0.15, 0.2) is 0 Å². The van der Waals surface area contributed by atoms with E-state index >= 15 is 0 Å². The monoisotopic (exact) mass is 366 g/mol. The maximum absolute atomic E-state index is 12.0. The van der Waals surface area contributed by atoms with Crippen LogP contribution in [0.25, 0.3) is 0 Å². The summed E-state index contributed by atoms with van der Waals surface area (Å²) in [5, 5.41) is 26.8. The number of unbranched alkanes of at least 4 members (excludes halogenated alkanes) is 1. The quantitative estimate of drug-likeness (QED) is 0.509. The van der Waals surface area contributed by atoms with Gasteiger partial charge in [-0.05, 0) is 17.8 Å². The van der Waals surface area contributed by atoms with Crippen LogP contribution < -0.4 is 5.32 Å². The summed E-state index contributed by atoms with van der Waals surface area (Å²) in [4.78, 5) is 22.0. The molecule has 0 aliphatic heterocycles. The summed E-state index contributed by atoms with van der Waals surface area (Å²) in [6, 6.07) is 1.30. The maximum Gasteiger partial charge on any atom is 0.389 e. The molecule has 0 radical (unpaired) electrons. The minimum atomic E-state index is -0.567. The second kappa shape index (κ2) is 9.21. The van der Waals surface area contributed by atoms with Gasteiger partial charge in [0.1, 0.15) is 5.01 Å². The molecule has 2 heterocycles. The van der Waals surface area contributed by atoms with Gasteiger partial charge >= 0.3 is 5.82 Å². The molecule has 0 bridgehead atoms. The Morgan fingerprint density at radius 2 is 2.24 bits per heavy atom. The van der Waals surface area contributed by atoms with Gasteiger partial charge in [-0.3, -0.25) is 4.79 Å². The van der Waals surface area contributed by atoms with E-state index in [1.54, 1.807) is 0 Å². The van der Waals surface area contributed by atoms with Crippen LogP contribution >= 0.6 is 11.3 Å². The fourth-order valence-electron chi connectivity index (χ4n) is 2.37. The Balaban J connectivity index is 1.84. The van der Waals surface area contributed by atoms with E-state index < -0.39 is 4.92 Å². The van der Waals surface area contributed by atoms with E-state index in [1.807, 2.05) is 0 Å². The highest BCUT2D eigenvalue weighted by atomic mass is 32.1. The molecule has 1 N–H and O–H groups in total. The van der Waals surface area contributed by atoms with Crippen molar-refractivity contribution in [2.24, 2.45) is 0 Å². The first-order valence-electron chi connectivity index (χ1n) is 8.34. The molecule has 2 aromatic heterocycles. The summed E-state index contributed by atoms with van der Waals surface area (Å²) in [5.41, 5.74) is 0. The van der Waals surface area contributed by atoms with E-state index in [0.717, 1.165) is 30.7 Å². The van der Waals surface area contributed by atoms with Gasteiger partial charge in [-0.25, -0.2) is 0 Å². The minimum absolute atomic E-state index is 0.154. The predicted molar refractivity (Wildman–Crippen MR) is 94.6 cm³/mol. The predicted octanol–water partition coefficient (Wildman–Crippen LogP) is 3.36. The molecule has 0 saturated carbocycles. The number of anilines is 1. The van der Waals surface area contributed by atoms with E-state index in [4.69, 9.17) is 0 Å². The average Bonchev–Trinajstić information content (AvgIpc) is 3.23. The molecular weight excluding hydrogens is 344 g/mol. The van der Waals surface area contributed by atoms with Crippen molar-refractivity contribution in [2.45, 2.75) is 58.4 Å². The van der Waals surface area contributed by atoms with Crippen molar-refractivity contribution in [3.63, 3.8) is 0 Å². The Bertz CT molecular complexity index is 714. The van der Waals surface area contributed by atoms with E-state index in [9.17, 15) is 14.9 Å². The lowest BCUT2D eigenvalue weighted by Gasteiger charge is -2.09. The van der Waals surface area contributed by atoms with E-state index in [2.05, 4.69) is 34.5 Å². The van der Waals surface area contributed by atoms with Crippen LogP contribution in [0.5, 0.6) is 0 Å². The Hall–Kier alpha value is -2.36. The normalized spacial score (nSPS) is 12.1. The van der Waals surface area contributed by atoms with Crippen molar-refractivity contribution in [1.82, 2.24) is 20.0 Å². The van der Waals surface area contributed by atoms with Gasteiger partial charge in [0, 0.05) is 12.3 Å². The highest BCUT2D eigenvalue weighted by Gasteiger charge is 2.16. The van der Waals surface area contributed by atoms with Crippen LogP contribution in [0.15, 0.2) is 12.3 Å². The molecule has 0 aliphatic rings. The number of amides is 1. The highest BCUT2D eigenvalue weighted by Crippen LogP contribution is 2.29. The molecule has 9 nitrogen and oxygen atoms in total. The Morgan fingerprint density at radius 1 is 1.44 bits per heavy atom. The number of rotatable bonds is 10. The zero-order valence-corrected chi connectivity index (χ0v) is 15.2. The molecule has 0 spiro atoms. The molecule has 2 aromatic rings. The SMILES string of the molecule is CCCC[C@@H](CC)c1nnc(NC(=O)CCn2ccc([N+](=O)[O-])n2)s1. The molecule has 25 heavy (non-hydrogen) atoms. The summed E-state index contributed by atoms with van der Waals surface area (Å²) in [7, 11) is 0. The number of carbonyl (C=O) groups excluding carboxylic acids is 1. The van der Waals surface area contributed by atoms with Gasteiger partial charge in [0.25, 0.3) is 0 Å². The third-order valence-corrected chi connectivity index (χ3v) is 4.82. The number of nitrogens with one attached hydrogen (secondary N) is 1. The minimum Gasteiger partial charge on any atom is -0.358 e. The van der Waals surface area contributed by atoms with Crippen molar-refractivity contribution in [3.05, 3.63) is 27.4 Å². The van der Waals surface area contributed by atoms with Crippen molar-refractivity contribution >= 4 is 28.2 Å². The Kier molecular flexibility index (Phi) is 6.99. The second-order valence-corrected chi connectivity index (χ2v) is 6.69. The number of aromatic nitrogens is 4. The Labute approximate surface area is 149 Å². The van der Waals surface area contributed by atoms with Gasteiger partial charge in [-0.1, -0.05) is 38.0 Å². The molecule has 0 unspecified atom stereocenters. The van der Waals surface area contributed by atoms with Gasteiger partial charge < -0.3 is 15.4 Å². The van der Waals surface area contributed by atoms with Crippen LogP contribution in [0, 0.1) is 10.1 Å². The first-order valence-corrected chi connectivity index (χ1v) is 9.16. The van der Waals surface area contributed by atoms with Crippen LogP contribution in [0.1, 0.15) is 56.9 Å². The fraction of sp³-hybridized carbons (Fsp3) is 0.600. The second-order valence-electron chi connectivity index (χ2n) is 5.69. The van der Waals surface area contributed by atoms with E-state index in [-0.39, 0.29) is 24.7 Å². The summed E-state index contributed by atoms with van der Waals surface area (Å²) in [6.45, 7) is 4.55. The largest absolute Gasteiger partial charge is 0.389 e. The van der Waals surface area contributed by atoms with Crippen LogP contribution in [0.2, 0.25) is 0 Å². The first kappa shape index (κ1) is 19.0. The van der Waals surface area contributed by atoms with Crippen molar-refractivity contribution in [2.75, 3.05) is 5.32 Å². The van der Waals surface area contributed by atoms with Crippen LogP contribution in [0.4, 0.5) is 10.9 Å². The lowest BCUT2D eigenvalue weighted by Crippen LogP contribution is -2.14. The molecule has 2 rings (SSSR count). The molecule has 136 valence electrons. The van der Waals surface area contributed by atoms with Crippen LogP contribution in [-0.4, -0.2) is 30.8 Å². The van der Waals surface area contributed by atoms with Gasteiger partial charge in [-0.15, -0.1) is 10.2 Å². The van der Waals surface area contributed by atoms with Crippen LogP contribution in [0.3, 0.4) is 0 Å². The molecule has 0 fully saturated rings. The summed E-state index contributed by atoms with van der Waals surface area (Å²) in [5.74, 6) is -0.0676. The molecule has 10 heteroatoms. The molecular formula is C15H22N6O3S. The zero-order chi connectivity index (χ0) is 18.2. The number of nitrogens with zero attached hydrogens (tertiary/aromatic N) is 5. The fourth-order valence-corrected chi connectivity index (χ4v) is 3.35. The smallest absolute Gasteiger partial charge is 0.358 e. The molecule has 0 saturated heterocycles. The number of nitro groups is 1. The standard InChI is InChI=1S/C15H22N6O3S/c1-3-5-6-11(4-2)14-17-18-15(25-14)16-13(22)8-10-20-9-7-12(19-20)21(23)24/h7,9,11H,3-6,8,10H2,1-2H3,(H,16,18,22)/t11-/m1/s1. The first-order chi connectivity index (χ1) is 12.0. The van der Waals surface area contributed by atoms with Crippen molar-refractivity contribution in [1.29, 1.82) is 0 Å². The van der Waals surface area contributed by atoms with Crippen LogP contribution in [-0.2, 0) is 11.3 Å². The number of aryl methyl sites for hydroxylation is 1. The van der Waals surface area contributed by atoms with Gasteiger partial charge in [0.05, 0.1) is 23.9 Å². The maximum atomic E-state index is 12.0. The lowest BCUT2D eigenvalue weighted by atomic mass is 10.0. The van der Waals surface area contributed by atoms with Crippen molar-refractivity contribution in [3.8, 4) is 0 Å². The van der Waals surface area contributed by atoms with Crippen molar-refractivity contribution < 1.29 is 9.72 Å². The summed E-state index contributed by atoms with van der Waals surface area (Å²) >= 11 is 1.41. The number of hydrogen-bond donors (Lipinski definition) is 1. The Morgan fingerprint density at radius 3 is 2.88 bits per heavy atom. The zero-order valence-electron chi connectivity index (χ0n) is 14.3. The molecule has 1 atom stereocenters. The van der Waals surface area contributed by atoms with E-state index in [1.165, 1.54) is 28.3 Å². The lowest BCUT2D eigenvalue weighted by molar-refractivity contribution is -0.389. The molecule has 1 amide bonds. The van der Waals surface area contributed by atoms with Gasteiger partial charge in [0.2, 0.25) is 11.0 Å². The van der Waals surface area contributed by atoms with Gasteiger partial charge in [-0.2, -0.15) is 4.68 Å². The highest BCUT2D eigenvalue weighted by molar-refractivity contribution is 7.15. The average molecular weight is 366 g/mol. The number of hydrogen-bond acceptors (Lipinski definition) is 7. The topological polar surface area (TPSA) is 116 Å². The molecule has 0 aliphatic carbocycles. The van der Waals surface area contributed by atoms with E-state index in [0.29, 0.717) is 11.0 Å².